The summed E-state index contributed by atoms with van der Waals surface area (Å²) in [5.74, 6) is -0.661. The molecule has 6 heteroatoms. The highest BCUT2D eigenvalue weighted by Crippen LogP contribution is 2.45. The lowest BCUT2D eigenvalue weighted by atomic mass is 10.0. The summed E-state index contributed by atoms with van der Waals surface area (Å²) < 4.78 is 5.96. The number of carboxylic acids is 1. The van der Waals surface area contributed by atoms with Crippen LogP contribution in [0.4, 0.5) is 11.4 Å². The van der Waals surface area contributed by atoms with E-state index in [4.69, 9.17) is 4.74 Å². The van der Waals surface area contributed by atoms with Crippen molar-refractivity contribution >= 4 is 23.3 Å². The third-order valence-electron chi connectivity index (χ3n) is 4.39. The van der Waals surface area contributed by atoms with Crippen molar-refractivity contribution in [1.82, 2.24) is 5.32 Å². The van der Waals surface area contributed by atoms with Crippen molar-refractivity contribution in [2.45, 2.75) is 0 Å². The first-order valence-electron chi connectivity index (χ1n) is 8.34. The number of ether oxygens (including phenoxy) is 1. The molecule has 1 aliphatic heterocycles. The van der Waals surface area contributed by atoms with Crippen LogP contribution >= 0.6 is 0 Å². The number of nitrogens with one attached hydrogen (secondary N) is 2. The SMILES string of the molecule is CNC(=O)c1cc2c(c(C(=O)O)c1)Nc1ccc(-c3ccccc3)cc1O2. The molecule has 0 saturated heterocycles. The minimum absolute atomic E-state index is 0.0242. The molecule has 0 bridgehead atoms. The fourth-order valence-corrected chi connectivity index (χ4v) is 3.04. The molecule has 134 valence electrons. The number of aromatic carboxylic acids is 1. The second-order valence-corrected chi connectivity index (χ2v) is 6.09. The van der Waals surface area contributed by atoms with Gasteiger partial charge in [0.2, 0.25) is 0 Å². The maximum Gasteiger partial charge on any atom is 0.337 e. The first kappa shape index (κ1) is 16.7. The lowest BCUT2D eigenvalue weighted by Gasteiger charge is -2.24. The van der Waals surface area contributed by atoms with Gasteiger partial charge in [0, 0.05) is 12.6 Å². The Morgan fingerprint density at radius 3 is 2.44 bits per heavy atom. The molecular weight excluding hydrogens is 344 g/mol. The quantitative estimate of drug-likeness (QED) is 0.508. The zero-order valence-electron chi connectivity index (χ0n) is 14.4. The van der Waals surface area contributed by atoms with Crippen LogP contribution in [0.1, 0.15) is 20.7 Å². The highest BCUT2D eigenvalue weighted by atomic mass is 16.5. The van der Waals surface area contributed by atoms with Crippen LogP contribution in [0.3, 0.4) is 0 Å². The number of carbonyl (C=O) groups excluding carboxylic acids is 1. The molecule has 0 unspecified atom stereocenters. The van der Waals surface area contributed by atoms with Gasteiger partial charge in [-0.1, -0.05) is 36.4 Å². The van der Waals surface area contributed by atoms with Gasteiger partial charge in [0.05, 0.1) is 16.9 Å². The molecule has 4 rings (SSSR count). The third kappa shape index (κ3) is 2.97. The van der Waals surface area contributed by atoms with Crippen molar-refractivity contribution in [3.05, 3.63) is 71.8 Å². The van der Waals surface area contributed by atoms with Crippen LogP contribution in [0.15, 0.2) is 60.7 Å². The minimum atomic E-state index is -1.14. The Balaban J connectivity index is 1.79. The molecule has 0 atom stereocenters. The van der Waals surface area contributed by atoms with Crippen molar-refractivity contribution in [3.63, 3.8) is 0 Å². The maximum absolute atomic E-state index is 12.0. The van der Waals surface area contributed by atoms with E-state index in [0.29, 0.717) is 22.9 Å². The van der Waals surface area contributed by atoms with E-state index in [1.54, 1.807) is 0 Å². The van der Waals surface area contributed by atoms with Crippen LogP contribution < -0.4 is 15.4 Å². The average molecular weight is 360 g/mol. The van der Waals surface area contributed by atoms with Gasteiger partial charge in [-0.25, -0.2) is 4.79 Å². The van der Waals surface area contributed by atoms with E-state index < -0.39 is 5.97 Å². The predicted molar refractivity (Wildman–Crippen MR) is 102 cm³/mol. The summed E-state index contributed by atoms with van der Waals surface area (Å²) in [6, 6.07) is 18.4. The lowest BCUT2D eigenvalue weighted by Crippen LogP contribution is -2.19. The van der Waals surface area contributed by atoms with Crippen molar-refractivity contribution < 1.29 is 19.4 Å². The molecule has 1 heterocycles. The molecule has 3 N–H and O–H groups in total. The van der Waals surface area contributed by atoms with E-state index in [2.05, 4.69) is 10.6 Å². The van der Waals surface area contributed by atoms with Crippen molar-refractivity contribution in [2.24, 2.45) is 0 Å². The Kier molecular flexibility index (Phi) is 4.01. The van der Waals surface area contributed by atoms with E-state index in [1.165, 1.54) is 19.2 Å². The number of anilines is 2. The van der Waals surface area contributed by atoms with Crippen molar-refractivity contribution in [1.29, 1.82) is 0 Å². The fourth-order valence-electron chi connectivity index (χ4n) is 3.04. The van der Waals surface area contributed by atoms with Crippen molar-refractivity contribution in [2.75, 3.05) is 12.4 Å². The van der Waals surface area contributed by atoms with Gasteiger partial charge in [-0.2, -0.15) is 0 Å². The summed E-state index contributed by atoms with van der Waals surface area (Å²) in [4.78, 5) is 23.6. The molecule has 3 aromatic carbocycles. The number of benzene rings is 3. The Morgan fingerprint density at radius 1 is 0.963 bits per heavy atom. The molecule has 0 spiro atoms. The van der Waals surface area contributed by atoms with Gasteiger partial charge in [-0.15, -0.1) is 0 Å². The van der Waals surface area contributed by atoms with Gasteiger partial charge < -0.3 is 20.5 Å². The van der Waals surface area contributed by atoms with Crippen LogP contribution in [0.5, 0.6) is 11.5 Å². The summed E-state index contributed by atoms with van der Waals surface area (Å²) in [6.45, 7) is 0. The van der Waals surface area contributed by atoms with Crippen LogP contribution in [-0.2, 0) is 0 Å². The lowest BCUT2D eigenvalue weighted by molar-refractivity contribution is 0.0697. The van der Waals surface area contributed by atoms with Crippen LogP contribution in [-0.4, -0.2) is 24.0 Å². The zero-order valence-corrected chi connectivity index (χ0v) is 14.4. The van der Waals surface area contributed by atoms with Crippen LogP contribution in [0, 0.1) is 0 Å². The van der Waals surface area contributed by atoms with Crippen LogP contribution in [0.2, 0.25) is 0 Å². The number of carbonyl (C=O) groups is 2. The number of amides is 1. The normalized spacial score (nSPS) is 11.4. The first-order valence-corrected chi connectivity index (χ1v) is 8.34. The molecule has 1 aliphatic rings. The van der Waals surface area contributed by atoms with Gasteiger partial charge in [0.25, 0.3) is 5.91 Å². The Labute approximate surface area is 155 Å². The Hall–Kier alpha value is -3.80. The number of carboxylic acid groups (broad SMARTS) is 1. The topological polar surface area (TPSA) is 87.7 Å². The summed E-state index contributed by atoms with van der Waals surface area (Å²) in [5.41, 5.74) is 3.20. The van der Waals surface area contributed by atoms with E-state index in [-0.39, 0.29) is 17.0 Å². The second kappa shape index (κ2) is 6.49. The molecule has 1 amide bonds. The molecule has 0 aliphatic carbocycles. The van der Waals surface area contributed by atoms with Crippen molar-refractivity contribution in [3.8, 4) is 22.6 Å². The van der Waals surface area contributed by atoms with Gasteiger partial charge >= 0.3 is 5.97 Å². The number of hydrogen-bond acceptors (Lipinski definition) is 4. The monoisotopic (exact) mass is 360 g/mol. The van der Waals surface area contributed by atoms with Gasteiger partial charge in [0.15, 0.2) is 11.5 Å². The van der Waals surface area contributed by atoms with E-state index in [1.807, 2.05) is 48.5 Å². The summed E-state index contributed by atoms with van der Waals surface area (Å²) >= 11 is 0. The smallest absolute Gasteiger partial charge is 0.337 e. The fraction of sp³-hybridized carbons (Fsp3) is 0.0476. The molecule has 6 nitrogen and oxygen atoms in total. The molecule has 0 aromatic heterocycles. The van der Waals surface area contributed by atoms with E-state index in [0.717, 1.165) is 11.1 Å². The second-order valence-electron chi connectivity index (χ2n) is 6.09. The Bertz CT molecular complexity index is 1060. The van der Waals surface area contributed by atoms with Gasteiger partial charge in [-0.05, 0) is 35.4 Å². The summed E-state index contributed by atoms with van der Waals surface area (Å²) in [7, 11) is 1.49. The molecule has 0 radical (unpaired) electrons. The first-order chi connectivity index (χ1) is 13.1. The summed E-state index contributed by atoms with van der Waals surface area (Å²) in [6.07, 6.45) is 0. The number of fused-ring (bicyclic) bond motifs is 2. The Morgan fingerprint density at radius 2 is 1.74 bits per heavy atom. The van der Waals surface area contributed by atoms with Gasteiger partial charge in [0.1, 0.15) is 0 Å². The van der Waals surface area contributed by atoms with Crippen LogP contribution in [0.25, 0.3) is 11.1 Å². The molecule has 0 saturated carbocycles. The minimum Gasteiger partial charge on any atom is -0.478 e. The highest BCUT2D eigenvalue weighted by Gasteiger charge is 2.25. The highest BCUT2D eigenvalue weighted by molar-refractivity contribution is 6.03. The third-order valence-corrected chi connectivity index (χ3v) is 4.39. The molecular formula is C21H16N2O4. The standard InChI is InChI=1S/C21H16N2O4/c1-22-20(24)14-9-15(21(25)26)19-18(11-14)27-17-10-13(7-8-16(17)23-19)12-5-3-2-4-6-12/h2-11,23H,1H3,(H,22,24)(H,25,26). The number of hydrogen-bond donors (Lipinski definition) is 3. The number of rotatable bonds is 3. The summed E-state index contributed by atoms with van der Waals surface area (Å²) in [5, 5.41) is 15.1. The van der Waals surface area contributed by atoms with E-state index >= 15 is 0 Å². The molecule has 0 fully saturated rings. The average Bonchev–Trinajstić information content (AvgIpc) is 2.70. The molecule has 27 heavy (non-hydrogen) atoms. The molecule has 3 aromatic rings. The van der Waals surface area contributed by atoms with E-state index in [9.17, 15) is 14.7 Å². The largest absolute Gasteiger partial charge is 0.478 e. The van der Waals surface area contributed by atoms with Gasteiger partial charge in [-0.3, -0.25) is 4.79 Å². The predicted octanol–water partition coefficient (Wildman–Crippen LogP) is 4.26. The maximum atomic E-state index is 12.0. The zero-order chi connectivity index (χ0) is 19.0.